The molecule has 0 atom stereocenters. The minimum atomic E-state index is -1.26. The molecule has 8 rings (SSSR count). The van der Waals surface area contributed by atoms with Crippen LogP contribution in [0.3, 0.4) is 0 Å². The van der Waals surface area contributed by atoms with E-state index >= 15 is 0 Å². The number of benzene rings is 3. The number of rotatable bonds is 4. The Balaban J connectivity index is 1.21. The van der Waals surface area contributed by atoms with Crippen LogP contribution in [0.2, 0.25) is 0 Å². The van der Waals surface area contributed by atoms with E-state index < -0.39 is 18.0 Å². The van der Waals surface area contributed by atoms with Gasteiger partial charge in [0.05, 0.1) is 5.92 Å². The predicted octanol–water partition coefficient (Wildman–Crippen LogP) is 3.72. The Hall–Kier alpha value is -4.59. The van der Waals surface area contributed by atoms with Gasteiger partial charge in [-0.15, -0.1) is 0 Å². The molecule has 0 bridgehead atoms. The summed E-state index contributed by atoms with van der Waals surface area (Å²) in [5.41, 5.74) is 10.2. The maximum atomic E-state index is 14.5. The molecule has 3 aromatic rings. The summed E-state index contributed by atoms with van der Waals surface area (Å²) in [5, 5.41) is 2.51. The van der Waals surface area contributed by atoms with Gasteiger partial charge in [0.1, 0.15) is 13.6 Å². The number of hydrogen-bond donors (Lipinski definition) is 0. The van der Waals surface area contributed by atoms with Gasteiger partial charge in [0.25, 0.3) is 5.91 Å². The Morgan fingerprint density at radius 2 is 1.56 bits per heavy atom. The van der Waals surface area contributed by atoms with Gasteiger partial charge in [-0.3, -0.25) is 19.2 Å². The van der Waals surface area contributed by atoms with Crippen LogP contribution < -0.4 is 20.1 Å². The van der Waals surface area contributed by atoms with E-state index in [0.29, 0.717) is 31.5 Å². The number of likely N-dealkylation sites (tertiary alicyclic amines) is 1. The number of carbonyl (C=O) groups is 4. The number of esters is 1. The Bertz CT molecular complexity index is 2090. The zero-order valence-corrected chi connectivity index (χ0v) is 29.6. The molecule has 3 aliphatic heterocycles. The number of aryl methyl sites for hydroxylation is 2. The predicted molar refractivity (Wildman–Crippen MR) is 192 cm³/mol. The molecule has 3 aromatic carbocycles. The number of nitrogens with zero attached hydrogens (tertiary/aromatic N) is 3. The lowest BCUT2D eigenvalue weighted by Crippen LogP contribution is -2.43. The van der Waals surface area contributed by atoms with Crippen molar-refractivity contribution < 1.29 is 23.9 Å². The lowest BCUT2D eigenvalue weighted by molar-refractivity contribution is -0.162. The lowest BCUT2D eigenvalue weighted by atomic mass is 9.67. The van der Waals surface area contributed by atoms with Gasteiger partial charge in [0, 0.05) is 74.2 Å². The van der Waals surface area contributed by atoms with Crippen molar-refractivity contribution in [3.8, 4) is 0 Å². The summed E-state index contributed by atoms with van der Waals surface area (Å²) < 4.78 is 7.76. The molecule has 1 saturated heterocycles. The molecule has 0 radical (unpaired) electrons. The first-order valence-corrected chi connectivity index (χ1v) is 18.3. The molecule has 1 saturated carbocycles. The molecule has 3 heterocycles. The highest BCUT2D eigenvalue weighted by molar-refractivity contribution is 6.12. The van der Waals surface area contributed by atoms with Gasteiger partial charge in [-0.25, -0.2) is 4.58 Å². The number of anilines is 1. The molecular formula is C42H46N3O5+. The van der Waals surface area contributed by atoms with Crippen LogP contribution in [0.5, 0.6) is 0 Å². The average Bonchev–Trinajstić information content (AvgIpc) is 3.43. The first-order valence-electron chi connectivity index (χ1n) is 18.3. The van der Waals surface area contributed by atoms with E-state index in [1.807, 2.05) is 23.1 Å². The van der Waals surface area contributed by atoms with E-state index in [1.165, 1.54) is 44.1 Å². The molecule has 8 heteroatoms. The molecule has 2 aliphatic carbocycles. The third-order valence-electron chi connectivity index (χ3n) is 12.0. The fourth-order valence-corrected chi connectivity index (χ4v) is 9.07. The van der Waals surface area contributed by atoms with Gasteiger partial charge in [0.15, 0.2) is 11.6 Å². The van der Waals surface area contributed by atoms with Crippen LogP contribution in [0.4, 0.5) is 5.69 Å². The van der Waals surface area contributed by atoms with E-state index in [1.54, 1.807) is 0 Å². The fraction of sp³-hybridized carbons (Fsp3) is 0.452. The zero-order valence-electron chi connectivity index (χ0n) is 29.6. The van der Waals surface area contributed by atoms with Crippen LogP contribution >= 0.6 is 0 Å². The third kappa shape index (κ3) is 5.30. The largest absolute Gasteiger partial charge is 0.446 e. The van der Waals surface area contributed by atoms with Gasteiger partial charge in [0.2, 0.25) is 11.5 Å². The van der Waals surface area contributed by atoms with Crippen molar-refractivity contribution in [2.24, 2.45) is 5.92 Å². The number of ketones is 2. The molecule has 0 unspecified atom stereocenters. The average molecular weight is 673 g/mol. The Morgan fingerprint density at radius 1 is 0.840 bits per heavy atom. The summed E-state index contributed by atoms with van der Waals surface area (Å²) in [6, 6.07) is 17.7. The second-order valence-corrected chi connectivity index (χ2v) is 15.5. The Labute approximate surface area is 293 Å². The number of hydrogen-bond acceptors (Lipinski definition) is 6. The number of piperidine rings is 1. The maximum Gasteiger partial charge on any atom is 0.310 e. The number of Topliss-reactive ketones (excluding diaryl/α,β-unsaturated/α-hetero) is 2. The highest BCUT2D eigenvalue weighted by Gasteiger charge is 2.40. The number of carbonyl (C=O) groups excluding carboxylic acids is 4. The molecule has 258 valence electrons. The van der Waals surface area contributed by atoms with Crippen molar-refractivity contribution in [3.63, 3.8) is 0 Å². The smallest absolute Gasteiger partial charge is 0.310 e. The van der Waals surface area contributed by atoms with E-state index in [0.717, 1.165) is 49.9 Å². The van der Waals surface area contributed by atoms with Crippen molar-refractivity contribution in [1.82, 2.24) is 9.48 Å². The molecule has 5 aliphatic rings. The zero-order chi connectivity index (χ0) is 34.9. The van der Waals surface area contributed by atoms with Crippen LogP contribution in [0.1, 0.15) is 96.1 Å². The summed E-state index contributed by atoms with van der Waals surface area (Å²) >= 11 is 0. The van der Waals surface area contributed by atoms with Crippen LogP contribution in [0.15, 0.2) is 48.5 Å². The summed E-state index contributed by atoms with van der Waals surface area (Å²) in [4.78, 5) is 55.8. The molecule has 2 fully saturated rings. The first kappa shape index (κ1) is 32.6. The van der Waals surface area contributed by atoms with Gasteiger partial charge >= 0.3 is 5.97 Å². The van der Waals surface area contributed by atoms with Gasteiger partial charge in [-0.05, 0) is 95.0 Å². The van der Waals surface area contributed by atoms with Crippen LogP contribution in [-0.4, -0.2) is 74.7 Å². The van der Waals surface area contributed by atoms with Crippen molar-refractivity contribution in [3.05, 3.63) is 98.1 Å². The number of fused-ring (bicyclic) bond motifs is 4. The van der Waals surface area contributed by atoms with E-state index in [-0.39, 0.29) is 35.7 Å². The van der Waals surface area contributed by atoms with Crippen molar-refractivity contribution in [2.45, 2.75) is 76.7 Å². The Morgan fingerprint density at radius 3 is 2.32 bits per heavy atom. The molecular weight excluding hydrogens is 626 g/mol. The highest BCUT2D eigenvalue weighted by Crippen LogP contribution is 2.44. The van der Waals surface area contributed by atoms with Crippen molar-refractivity contribution in [2.75, 3.05) is 45.2 Å². The summed E-state index contributed by atoms with van der Waals surface area (Å²) in [6.45, 7) is 7.57. The van der Waals surface area contributed by atoms with E-state index in [2.05, 4.69) is 67.8 Å². The van der Waals surface area contributed by atoms with Crippen molar-refractivity contribution in [1.29, 1.82) is 0 Å². The molecule has 0 spiro atoms. The van der Waals surface area contributed by atoms with E-state index in [4.69, 9.17) is 4.74 Å². The molecule has 0 N–H and O–H groups in total. The fourth-order valence-electron chi connectivity index (χ4n) is 9.07. The van der Waals surface area contributed by atoms with Crippen LogP contribution in [0.25, 0.3) is 5.57 Å². The topological polar surface area (TPSA) is 87.0 Å². The van der Waals surface area contributed by atoms with Crippen LogP contribution in [-0.2, 0) is 37.4 Å². The molecule has 0 aromatic heterocycles. The number of amides is 1. The van der Waals surface area contributed by atoms with Gasteiger partial charge < -0.3 is 14.5 Å². The van der Waals surface area contributed by atoms with Crippen LogP contribution in [0, 0.1) is 5.92 Å². The van der Waals surface area contributed by atoms with E-state index in [9.17, 15) is 19.2 Å². The highest BCUT2D eigenvalue weighted by atomic mass is 16.6. The lowest BCUT2D eigenvalue weighted by Gasteiger charge is -2.38. The minimum Gasteiger partial charge on any atom is -0.446 e. The molecule has 1 amide bonds. The standard InChI is InChI=1S/C42H46N3O5/c1-42(2)32-23-34-26(9-7-17-43(34)3)21-30(32)38(31-22-27-10-8-18-44(4)35(27)24-33(31)42)28-11-5-6-12-29(28)40(48)45-19-15-25(16-20-45)41(49)50-39-36(46)13-14-37(39)47/h5-6,11-12,21-25,39H,7-10,13-20H2,1-4H3/q+1. The summed E-state index contributed by atoms with van der Waals surface area (Å²) in [5.74, 6) is -1.65. The third-order valence-corrected chi connectivity index (χ3v) is 12.0. The normalized spacial score (nSPS) is 20.3. The van der Waals surface area contributed by atoms with Crippen molar-refractivity contribution >= 4 is 34.7 Å². The van der Waals surface area contributed by atoms with Gasteiger partial charge in [-0.2, -0.15) is 0 Å². The Kier molecular flexibility index (Phi) is 8.04. The maximum absolute atomic E-state index is 14.5. The SMILES string of the molecule is CN1CCCc2cc3c(cc21)C(C)(C)c1cc2c(cc1=C3c1ccccc1C(=O)N1CCC(C(=O)OC3C(=O)CCC3=O)CC1)CCC[N+]=2C. The second kappa shape index (κ2) is 12.3. The first-order chi connectivity index (χ1) is 24.0. The monoisotopic (exact) mass is 672 g/mol. The number of ether oxygens (including phenoxy) is 1. The minimum absolute atomic E-state index is 0.0515. The second-order valence-electron chi connectivity index (χ2n) is 15.5. The summed E-state index contributed by atoms with van der Waals surface area (Å²) in [6.07, 6.45) is 4.16. The summed E-state index contributed by atoms with van der Waals surface area (Å²) in [7, 11) is 4.38. The molecule has 8 nitrogen and oxygen atoms in total. The molecule has 50 heavy (non-hydrogen) atoms. The quantitative estimate of drug-likeness (QED) is 0.239. The van der Waals surface area contributed by atoms with Gasteiger partial charge in [-0.1, -0.05) is 32.0 Å².